The first-order valence-corrected chi connectivity index (χ1v) is 8.92. The fourth-order valence-electron chi connectivity index (χ4n) is 2.10. The van der Waals surface area contributed by atoms with Crippen LogP contribution in [0.15, 0.2) is 6.07 Å². The highest BCUT2D eigenvalue weighted by molar-refractivity contribution is 14.1. The third kappa shape index (κ3) is 3.24. The van der Waals surface area contributed by atoms with Gasteiger partial charge in [-0.1, -0.05) is 11.6 Å². The van der Waals surface area contributed by atoms with E-state index in [1.807, 2.05) is 34.4 Å². The summed E-state index contributed by atoms with van der Waals surface area (Å²) in [5.74, 6) is 1.14. The molecule has 2 atom stereocenters. The second-order valence-corrected chi connectivity index (χ2v) is 8.10. The van der Waals surface area contributed by atoms with Gasteiger partial charge in [0.15, 0.2) is 3.83 Å². The minimum Gasteiger partial charge on any atom is -0.353 e. The molecule has 0 aliphatic carbocycles. The van der Waals surface area contributed by atoms with Crippen molar-refractivity contribution in [2.75, 3.05) is 23.5 Å². The number of halogens is 2. The molecule has 1 fully saturated rings. The Morgan fingerprint density at radius 2 is 2.22 bits per heavy atom. The first-order valence-electron chi connectivity index (χ1n) is 5.41. The molecule has 0 N–H and O–H groups in total. The van der Waals surface area contributed by atoms with Gasteiger partial charge in [-0.2, -0.15) is 0 Å². The zero-order valence-electron chi connectivity index (χ0n) is 9.97. The molecule has 1 aromatic heterocycles. The van der Waals surface area contributed by atoms with E-state index in [1.165, 1.54) is 6.26 Å². The van der Waals surface area contributed by atoms with Crippen LogP contribution in [0.1, 0.15) is 6.92 Å². The Kier molecular flexibility index (Phi) is 4.03. The Morgan fingerprint density at radius 3 is 2.72 bits per heavy atom. The molecule has 2 heterocycles. The summed E-state index contributed by atoms with van der Waals surface area (Å²) >= 11 is 7.90. The van der Waals surface area contributed by atoms with Crippen LogP contribution < -0.4 is 4.90 Å². The Bertz CT molecular complexity index is 546. The van der Waals surface area contributed by atoms with Crippen LogP contribution in [0.25, 0.3) is 0 Å². The Labute approximate surface area is 125 Å². The van der Waals surface area contributed by atoms with Crippen LogP contribution in [0, 0.1) is 9.75 Å². The first kappa shape index (κ1) is 14.3. The van der Waals surface area contributed by atoms with Crippen LogP contribution in [-0.4, -0.2) is 43.0 Å². The van der Waals surface area contributed by atoms with Crippen molar-refractivity contribution in [1.29, 1.82) is 0 Å². The van der Waals surface area contributed by atoms with Crippen molar-refractivity contribution in [2.45, 2.75) is 13.0 Å². The normalized spacial score (nSPS) is 23.9. The quantitative estimate of drug-likeness (QED) is 0.437. The largest absolute Gasteiger partial charge is 0.353 e. The van der Waals surface area contributed by atoms with Crippen LogP contribution in [-0.2, 0) is 9.84 Å². The van der Waals surface area contributed by atoms with Crippen molar-refractivity contribution in [2.24, 2.45) is 5.92 Å². The number of aromatic nitrogens is 2. The van der Waals surface area contributed by atoms with Crippen molar-refractivity contribution in [3.05, 3.63) is 15.1 Å². The van der Waals surface area contributed by atoms with E-state index in [0.29, 0.717) is 15.5 Å². The number of anilines is 1. The Morgan fingerprint density at radius 1 is 1.56 bits per heavy atom. The van der Waals surface area contributed by atoms with Crippen molar-refractivity contribution < 1.29 is 8.42 Å². The van der Waals surface area contributed by atoms with Gasteiger partial charge in [-0.25, -0.2) is 18.4 Å². The smallest absolute Gasteiger partial charge is 0.194 e. The van der Waals surface area contributed by atoms with Crippen molar-refractivity contribution in [3.63, 3.8) is 0 Å². The fourth-order valence-corrected chi connectivity index (χ4v) is 4.09. The molecule has 0 saturated carbocycles. The molecule has 0 amide bonds. The first-order chi connectivity index (χ1) is 8.26. The van der Waals surface area contributed by atoms with E-state index in [2.05, 4.69) is 9.97 Å². The Hall–Kier alpha value is -0.150. The molecular weight excluding hydrogens is 389 g/mol. The number of hydrogen-bond donors (Lipinski definition) is 0. The number of rotatable bonds is 3. The van der Waals surface area contributed by atoms with Gasteiger partial charge in [0.1, 0.15) is 20.8 Å². The molecule has 1 aliphatic heterocycles. The van der Waals surface area contributed by atoms with E-state index in [0.717, 1.165) is 5.82 Å². The third-order valence-electron chi connectivity index (χ3n) is 3.07. The standard InChI is InChI=1S/C10H13ClIN3O2S/c1-6-7(5-18(2,16)17)4-15(6)9-3-8(11)13-10(12)14-9/h3,6-7H,4-5H2,1-2H3/t6-,7-/m1/s1. The summed E-state index contributed by atoms with van der Waals surface area (Å²) in [6, 6.07) is 1.86. The van der Waals surface area contributed by atoms with Gasteiger partial charge in [-0.05, 0) is 6.92 Å². The minimum atomic E-state index is -2.93. The van der Waals surface area contributed by atoms with E-state index in [9.17, 15) is 8.42 Å². The second-order valence-electron chi connectivity index (χ2n) is 4.56. The maximum Gasteiger partial charge on any atom is 0.194 e. The molecule has 8 heteroatoms. The van der Waals surface area contributed by atoms with Crippen LogP contribution >= 0.6 is 34.2 Å². The van der Waals surface area contributed by atoms with Gasteiger partial charge in [0.05, 0.1) is 5.75 Å². The summed E-state index contributed by atoms with van der Waals surface area (Å²) in [5.41, 5.74) is 0. The molecule has 18 heavy (non-hydrogen) atoms. The molecule has 1 aliphatic rings. The topological polar surface area (TPSA) is 63.2 Å². The zero-order chi connectivity index (χ0) is 13.5. The lowest BCUT2D eigenvalue weighted by Gasteiger charge is -2.47. The van der Waals surface area contributed by atoms with E-state index in [-0.39, 0.29) is 17.7 Å². The lowest BCUT2D eigenvalue weighted by molar-refractivity contribution is 0.338. The SMILES string of the molecule is C[C@@H]1[C@@H](CS(C)(=O)=O)CN1c1cc(Cl)nc(I)n1. The molecule has 0 bridgehead atoms. The van der Waals surface area contributed by atoms with Crippen molar-refractivity contribution in [1.82, 2.24) is 9.97 Å². The highest BCUT2D eigenvalue weighted by atomic mass is 127. The van der Waals surface area contributed by atoms with E-state index in [1.54, 1.807) is 6.07 Å². The van der Waals surface area contributed by atoms with E-state index in [4.69, 9.17) is 11.6 Å². The van der Waals surface area contributed by atoms with Crippen LogP contribution in [0.3, 0.4) is 0 Å². The van der Waals surface area contributed by atoms with Crippen LogP contribution in [0.5, 0.6) is 0 Å². The maximum atomic E-state index is 11.3. The summed E-state index contributed by atoms with van der Waals surface area (Å²) in [7, 11) is -2.93. The summed E-state index contributed by atoms with van der Waals surface area (Å²) in [6.07, 6.45) is 1.27. The van der Waals surface area contributed by atoms with Gasteiger partial charge >= 0.3 is 0 Å². The molecule has 0 unspecified atom stereocenters. The predicted molar refractivity (Wildman–Crippen MR) is 79.8 cm³/mol. The van der Waals surface area contributed by atoms with Crippen LogP contribution in [0.4, 0.5) is 5.82 Å². The summed E-state index contributed by atoms with van der Waals surface area (Å²) < 4.78 is 23.1. The highest BCUT2D eigenvalue weighted by Gasteiger charge is 2.38. The van der Waals surface area contributed by atoms with Crippen LogP contribution in [0.2, 0.25) is 5.15 Å². The average Bonchev–Trinajstić information content (AvgIpc) is 2.20. The molecule has 100 valence electrons. The molecule has 0 radical (unpaired) electrons. The molecule has 2 rings (SSSR count). The van der Waals surface area contributed by atoms with Crippen molar-refractivity contribution in [3.8, 4) is 0 Å². The molecule has 1 saturated heterocycles. The average molecular weight is 402 g/mol. The van der Waals surface area contributed by atoms with Crippen molar-refractivity contribution >= 4 is 49.8 Å². The maximum absolute atomic E-state index is 11.3. The molecule has 0 spiro atoms. The summed E-state index contributed by atoms with van der Waals surface area (Å²) in [6.45, 7) is 2.69. The van der Waals surface area contributed by atoms with E-state index >= 15 is 0 Å². The minimum absolute atomic E-state index is 0.154. The lowest BCUT2D eigenvalue weighted by Crippen LogP contribution is -2.57. The van der Waals surface area contributed by atoms with Gasteiger partial charge < -0.3 is 4.90 Å². The fraction of sp³-hybridized carbons (Fsp3) is 0.600. The monoisotopic (exact) mass is 401 g/mol. The number of nitrogens with zero attached hydrogens (tertiary/aromatic N) is 3. The third-order valence-corrected chi connectivity index (χ3v) is 4.78. The van der Waals surface area contributed by atoms with Gasteiger partial charge in [0.2, 0.25) is 0 Å². The highest BCUT2D eigenvalue weighted by Crippen LogP contribution is 2.31. The number of hydrogen-bond acceptors (Lipinski definition) is 5. The summed E-state index contributed by atoms with van der Waals surface area (Å²) in [5, 5.41) is 0.406. The van der Waals surface area contributed by atoms with Gasteiger partial charge in [0, 0.05) is 53.4 Å². The lowest BCUT2D eigenvalue weighted by atomic mass is 9.92. The van der Waals surface area contributed by atoms with Gasteiger partial charge in [0.25, 0.3) is 0 Å². The molecular formula is C10H13ClIN3O2S. The second kappa shape index (κ2) is 5.09. The van der Waals surface area contributed by atoms with Gasteiger partial charge in [-0.15, -0.1) is 0 Å². The molecule has 0 aromatic carbocycles. The number of sulfone groups is 1. The molecule has 5 nitrogen and oxygen atoms in total. The Balaban J connectivity index is 2.10. The molecule has 1 aromatic rings. The van der Waals surface area contributed by atoms with Gasteiger partial charge in [-0.3, -0.25) is 0 Å². The van der Waals surface area contributed by atoms with E-state index < -0.39 is 9.84 Å². The predicted octanol–water partition coefficient (Wildman–Crippen LogP) is 1.60. The zero-order valence-corrected chi connectivity index (χ0v) is 13.7. The summed E-state index contributed by atoms with van der Waals surface area (Å²) in [4.78, 5) is 10.3.